The molecule has 0 unspecified atom stereocenters. The number of hydrogen-bond acceptors (Lipinski definition) is 5. The predicted octanol–water partition coefficient (Wildman–Crippen LogP) is 4.00. The number of pyridine rings is 1. The molecular weight excluding hydrogens is 440 g/mol. The third-order valence-corrected chi connectivity index (χ3v) is 6.24. The van der Waals surface area contributed by atoms with Crippen LogP contribution in [-0.2, 0) is 13.0 Å². The molecular formula is C24H21F2N7O. The topological polar surface area (TPSA) is 90.5 Å². The Morgan fingerprint density at radius 2 is 2.06 bits per heavy atom. The molecule has 1 saturated carbocycles. The molecule has 1 aliphatic carbocycles. The van der Waals surface area contributed by atoms with E-state index in [2.05, 4.69) is 25.5 Å². The number of alkyl halides is 1. The first-order valence-corrected chi connectivity index (χ1v) is 11.2. The van der Waals surface area contributed by atoms with Gasteiger partial charge < -0.3 is 14.5 Å². The van der Waals surface area contributed by atoms with Gasteiger partial charge in [0.05, 0.1) is 29.8 Å². The van der Waals surface area contributed by atoms with Crippen molar-refractivity contribution in [1.82, 2.24) is 29.3 Å². The number of amides is 1. The summed E-state index contributed by atoms with van der Waals surface area (Å²) in [5, 5.41) is 10.8. The lowest BCUT2D eigenvalue weighted by Gasteiger charge is -2.12. The number of carbonyl (C=O) groups is 1. The third-order valence-electron chi connectivity index (χ3n) is 6.24. The van der Waals surface area contributed by atoms with E-state index in [4.69, 9.17) is 0 Å². The first kappa shape index (κ1) is 20.6. The molecule has 1 aliphatic heterocycles. The van der Waals surface area contributed by atoms with E-state index in [9.17, 15) is 13.6 Å². The summed E-state index contributed by atoms with van der Waals surface area (Å²) in [4.78, 5) is 21.9. The fraction of sp³-hybridized carbons (Fsp3) is 0.292. The second-order valence-corrected chi connectivity index (χ2v) is 8.81. The van der Waals surface area contributed by atoms with Crippen LogP contribution in [0, 0.1) is 12.7 Å². The van der Waals surface area contributed by atoms with Crippen LogP contribution in [0.1, 0.15) is 46.2 Å². The highest BCUT2D eigenvalue weighted by Gasteiger charge is 2.27. The van der Waals surface area contributed by atoms with Crippen molar-refractivity contribution < 1.29 is 13.6 Å². The number of anilines is 1. The molecule has 34 heavy (non-hydrogen) atoms. The predicted molar refractivity (Wildman–Crippen MR) is 120 cm³/mol. The van der Waals surface area contributed by atoms with E-state index in [1.807, 2.05) is 10.8 Å². The Labute approximate surface area is 193 Å². The Morgan fingerprint density at radius 1 is 1.21 bits per heavy atom. The minimum Gasteiger partial charge on any atom is -0.307 e. The first-order chi connectivity index (χ1) is 16.5. The van der Waals surface area contributed by atoms with Crippen molar-refractivity contribution in [2.45, 2.75) is 44.8 Å². The van der Waals surface area contributed by atoms with Crippen molar-refractivity contribution in [3.63, 3.8) is 0 Å². The maximum absolute atomic E-state index is 14.8. The summed E-state index contributed by atoms with van der Waals surface area (Å²) in [7, 11) is 0. The second kappa shape index (κ2) is 7.82. The number of halogens is 2. The molecule has 0 radical (unpaired) electrons. The van der Waals surface area contributed by atoms with Gasteiger partial charge in [-0.1, -0.05) is 6.07 Å². The molecule has 1 atom stereocenters. The van der Waals surface area contributed by atoms with E-state index in [1.54, 1.807) is 36.0 Å². The van der Waals surface area contributed by atoms with Crippen molar-refractivity contribution >= 4 is 11.7 Å². The van der Waals surface area contributed by atoms with E-state index in [0.717, 1.165) is 18.5 Å². The molecule has 0 bridgehead atoms. The van der Waals surface area contributed by atoms with E-state index in [-0.39, 0.29) is 24.3 Å². The minimum atomic E-state index is -0.998. The summed E-state index contributed by atoms with van der Waals surface area (Å²) in [5.74, 6) is 0.474. The number of fused-ring (bicyclic) bond motifs is 1. The van der Waals surface area contributed by atoms with Crippen LogP contribution in [0.3, 0.4) is 0 Å². The molecule has 1 amide bonds. The van der Waals surface area contributed by atoms with Crippen LogP contribution in [-0.4, -0.2) is 41.4 Å². The molecule has 8 nitrogen and oxygen atoms in total. The average molecular weight is 461 g/mol. The number of carbonyl (C=O) groups excluding carboxylic acids is 1. The van der Waals surface area contributed by atoms with Crippen LogP contribution in [0.2, 0.25) is 0 Å². The summed E-state index contributed by atoms with van der Waals surface area (Å²) < 4.78 is 32.0. The number of nitrogens with zero attached hydrogens (tertiary/aromatic N) is 6. The summed E-state index contributed by atoms with van der Waals surface area (Å²) in [6.07, 6.45) is 5.11. The fourth-order valence-corrected chi connectivity index (χ4v) is 4.31. The van der Waals surface area contributed by atoms with Gasteiger partial charge in [0, 0.05) is 18.5 Å². The van der Waals surface area contributed by atoms with E-state index in [0.29, 0.717) is 34.5 Å². The van der Waals surface area contributed by atoms with Crippen LogP contribution >= 0.6 is 0 Å². The van der Waals surface area contributed by atoms with Gasteiger partial charge in [-0.25, -0.2) is 18.7 Å². The smallest absolute Gasteiger partial charge is 0.259 e. The van der Waals surface area contributed by atoms with Gasteiger partial charge in [-0.2, -0.15) is 0 Å². The number of hydrogen-bond donors (Lipinski definition) is 1. The molecule has 1 aromatic carbocycles. The molecule has 1 fully saturated rings. The first-order valence-electron chi connectivity index (χ1n) is 11.2. The van der Waals surface area contributed by atoms with Crippen molar-refractivity contribution in [3.8, 4) is 17.2 Å². The normalized spacial score (nSPS) is 17.1. The maximum atomic E-state index is 14.8. The van der Waals surface area contributed by atoms with Crippen LogP contribution in [0.4, 0.5) is 14.6 Å². The highest BCUT2D eigenvalue weighted by atomic mass is 19.1. The Kier molecular flexibility index (Phi) is 4.75. The highest BCUT2D eigenvalue weighted by molar-refractivity contribution is 6.04. The van der Waals surface area contributed by atoms with Gasteiger partial charge in [-0.3, -0.25) is 4.79 Å². The lowest BCUT2D eigenvalue weighted by atomic mass is 10.1. The maximum Gasteiger partial charge on any atom is 0.259 e. The second-order valence-electron chi connectivity index (χ2n) is 8.81. The van der Waals surface area contributed by atoms with Gasteiger partial charge in [0.1, 0.15) is 29.3 Å². The zero-order valence-electron chi connectivity index (χ0n) is 18.4. The van der Waals surface area contributed by atoms with Gasteiger partial charge >= 0.3 is 0 Å². The van der Waals surface area contributed by atoms with Crippen LogP contribution in [0.25, 0.3) is 17.2 Å². The van der Waals surface area contributed by atoms with Crippen LogP contribution < -0.4 is 5.32 Å². The largest absolute Gasteiger partial charge is 0.307 e. The average Bonchev–Trinajstić information content (AvgIpc) is 3.23. The number of rotatable bonds is 5. The standard InChI is InChI=1S/C24H21F2N7O/c1-13-7-17(26)16(9-20(13)32-11-19(27-12-32)14-5-6-14)24(34)29-21-4-2-3-18(28-21)23-31-30-22-8-15(25)10-33(22)23/h2-4,7,9,11-12,14-15H,5-6,8,10H2,1H3,(H,28,29,34)/t15-/m1/s1. The van der Waals surface area contributed by atoms with Crippen molar-refractivity contribution in [3.05, 3.63) is 71.3 Å². The van der Waals surface area contributed by atoms with E-state index in [1.165, 1.54) is 12.1 Å². The number of benzene rings is 1. The molecule has 3 aromatic heterocycles. The van der Waals surface area contributed by atoms with Gasteiger partial charge in [-0.15, -0.1) is 10.2 Å². The van der Waals surface area contributed by atoms with E-state index >= 15 is 0 Å². The monoisotopic (exact) mass is 461 g/mol. The quantitative estimate of drug-likeness (QED) is 0.485. The van der Waals surface area contributed by atoms with Gasteiger partial charge in [0.25, 0.3) is 5.91 Å². The Morgan fingerprint density at radius 3 is 2.88 bits per heavy atom. The molecule has 1 N–H and O–H groups in total. The number of aryl methyl sites for hydroxylation is 1. The number of imidazole rings is 1. The zero-order chi connectivity index (χ0) is 23.4. The third kappa shape index (κ3) is 3.64. The Balaban J connectivity index is 1.27. The van der Waals surface area contributed by atoms with Crippen molar-refractivity contribution in [2.75, 3.05) is 5.32 Å². The molecule has 6 rings (SSSR count). The highest BCUT2D eigenvalue weighted by Crippen LogP contribution is 2.39. The van der Waals surface area contributed by atoms with Crippen molar-refractivity contribution in [2.24, 2.45) is 0 Å². The van der Waals surface area contributed by atoms with Crippen LogP contribution in [0.5, 0.6) is 0 Å². The van der Waals surface area contributed by atoms with Crippen LogP contribution in [0.15, 0.2) is 42.9 Å². The fourth-order valence-electron chi connectivity index (χ4n) is 4.31. The SMILES string of the molecule is Cc1cc(F)c(C(=O)Nc2cccc(-c3nnc4n3C[C@H](F)C4)n2)cc1-n1cnc(C2CC2)c1. The Hall–Kier alpha value is -3.95. The molecule has 4 aromatic rings. The summed E-state index contributed by atoms with van der Waals surface area (Å²) in [5.41, 5.74) is 2.74. The molecule has 0 saturated heterocycles. The van der Waals surface area contributed by atoms with Crippen molar-refractivity contribution in [1.29, 1.82) is 0 Å². The van der Waals surface area contributed by atoms with Gasteiger partial charge in [0.15, 0.2) is 5.82 Å². The molecule has 172 valence electrons. The van der Waals surface area contributed by atoms with E-state index < -0.39 is 17.9 Å². The molecule has 2 aliphatic rings. The Bertz CT molecular complexity index is 1420. The summed E-state index contributed by atoms with van der Waals surface area (Å²) >= 11 is 0. The molecule has 0 spiro atoms. The molecule has 4 heterocycles. The lowest BCUT2D eigenvalue weighted by Crippen LogP contribution is -2.16. The summed E-state index contributed by atoms with van der Waals surface area (Å²) in [6, 6.07) is 7.88. The zero-order valence-corrected chi connectivity index (χ0v) is 18.4. The molecule has 10 heteroatoms. The summed E-state index contributed by atoms with van der Waals surface area (Å²) in [6.45, 7) is 1.96. The number of aromatic nitrogens is 6. The van der Waals surface area contributed by atoms with Gasteiger partial charge in [-0.05, 0) is 49.6 Å². The lowest BCUT2D eigenvalue weighted by molar-refractivity contribution is 0.102. The minimum absolute atomic E-state index is 0.0990. The van der Waals surface area contributed by atoms with Gasteiger partial charge in [0.2, 0.25) is 0 Å². The number of nitrogens with one attached hydrogen (secondary N) is 1.